The van der Waals surface area contributed by atoms with E-state index in [-0.39, 0.29) is 5.91 Å². The lowest BCUT2D eigenvalue weighted by Gasteiger charge is -2.16. The minimum Gasteiger partial charge on any atom is -0.360 e. The Hall–Kier alpha value is -1.36. The Bertz CT molecular complexity index is 360. The predicted octanol–water partition coefficient (Wildman–Crippen LogP) is 1.90. The minimum atomic E-state index is -0.0652. The van der Waals surface area contributed by atoms with E-state index in [1.54, 1.807) is 13.0 Å². The third-order valence-corrected chi connectivity index (χ3v) is 2.40. The van der Waals surface area contributed by atoms with Crippen molar-refractivity contribution in [1.82, 2.24) is 10.1 Å². The van der Waals surface area contributed by atoms with Crippen molar-refractivity contribution in [2.75, 3.05) is 25.5 Å². The van der Waals surface area contributed by atoms with Gasteiger partial charge in [-0.3, -0.25) is 9.69 Å². The number of anilines is 1. The summed E-state index contributed by atoms with van der Waals surface area (Å²) in [4.78, 5) is 13.6. The van der Waals surface area contributed by atoms with Crippen LogP contribution in [0.2, 0.25) is 0 Å². The number of carbonyl (C=O) groups is 1. The smallest absolute Gasteiger partial charge is 0.239 e. The zero-order chi connectivity index (χ0) is 12.8. The number of amides is 1. The molecule has 1 heterocycles. The topological polar surface area (TPSA) is 58.4 Å². The maximum absolute atomic E-state index is 11.6. The van der Waals surface area contributed by atoms with Gasteiger partial charge in [-0.1, -0.05) is 19.0 Å². The number of hydrogen-bond acceptors (Lipinski definition) is 4. The van der Waals surface area contributed by atoms with Crippen molar-refractivity contribution in [2.24, 2.45) is 5.92 Å². The van der Waals surface area contributed by atoms with E-state index in [0.29, 0.717) is 24.0 Å². The van der Waals surface area contributed by atoms with Crippen LogP contribution in [-0.2, 0) is 4.79 Å². The molecule has 0 saturated heterocycles. The molecule has 5 heteroatoms. The van der Waals surface area contributed by atoms with Crippen LogP contribution >= 0.6 is 0 Å². The fourth-order valence-corrected chi connectivity index (χ4v) is 1.41. The Morgan fingerprint density at radius 2 is 2.29 bits per heavy atom. The van der Waals surface area contributed by atoms with Gasteiger partial charge in [0.15, 0.2) is 5.82 Å². The molecule has 1 N–H and O–H groups in total. The summed E-state index contributed by atoms with van der Waals surface area (Å²) in [6.45, 7) is 7.43. The predicted molar refractivity (Wildman–Crippen MR) is 66.8 cm³/mol. The SMILES string of the molecule is Cc1cc(NC(=O)CN(C)CCC(C)C)no1. The summed E-state index contributed by atoms with van der Waals surface area (Å²) < 4.78 is 4.87. The molecular weight excluding hydrogens is 218 g/mol. The minimum absolute atomic E-state index is 0.0652. The lowest BCUT2D eigenvalue weighted by Crippen LogP contribution is -2.31. The van der Waals surface area contributed by atoms with E-state index in [1.807, 2.05) is 11.9 Å². The highest BCUT2D eigenvalue weighted by Gasteiger charge is 2.09. The Morgan fingerprint density at radius 3 is 2.82 bits per heavy atom. The maximum atomic E-state index is 11.6. The molecule has 0 bridgehead atoms. The van der Waals surface area contributed by atoms with Gasteiger partial charge >= 0.3 is 0 Å². The molecule has 1 rings (SSSR count). The van der Waals surface area contributed by atoms with Gasteiger partial charge in [0.05, 0.1) is 6.54 Å². The molecule has 0 fully saturated rings. The molecule has 0 aliphatic rings. The monoisotopic (exact) mass is 239 g/mol. The highest BCUT2D eigenvalue weighted by molar-refractivity contribution is 5.91. The highest BCUT2D eigenvalue weighted by Crippen LogP contribution is 2.07. The van der Waals surface area contributed by atoms with E-state index in [9.17, 15) is 4.79 Å². The third-order valence-electron chi connectivity index (χ3n) is 2.40. The van der Waals surface area contributed by atoms with Crippen molar-refractivity contribution < 1.29 is 9.32 Å². The Kier molecular flexibility index (Phi) is 5.15. The number of likely N-dealkylation sites (N-methyl/N-ethyl adjacent to an activating group) is 1. The van der Waals surface area contributed by atoms with Gasteiger partial charge in [-0.15, -0.1) is 0 Å². The third kappa shape index (κ3) is 5.49. The van der Waals surface area contributed by atoms with E-state index in [4.69, 9.17) is 4.52 Å². The van der Waals surface area contributed by atoms with Crippen LogP contribution in [0.15, 0.2) is 10.6 Å². The van der Waals surface area contributed by atoms with Crippen molar-refractivity contribution in [3.63, 3.8) is 0 Å². The quantitative estimate of drug-likeness (QED) is 0.823. The summed E-state index contributed by atoms with van der Waals surface area (Å²) in [7, 11) is 1.94. The molecule has 1 aromatic heterocycles. The van der Waals surface area contributed by atoms with E-state index < -0.39 is 0 Å². The molecule has 0 aliphatic carbocycles. The van der Waals surface area contributed by atoms with E-state index in [1.165, 1.54) is 0 Å². The molecule has 0 atom stereocenters. The van der Waals surface area contributed by atoms with E-state index in [2.05, 4.69) is 24.3 Å². The molecule has 0 aromatic carbocycles. The molecule has 0 saturated carbocycles. The van der Waals surface area contributed by atoms with Crippen LogP contribution in [0.4, 0.5) is 5.82 Å². The number of aryl methyl sites for hydroxylation is 1. The van der Waals surface area contributed by atoms with Gasteiger partial charge in [-0.05, 0) is 32.9 Å². The van der Waals surface area contributed by atoms with Crippen LogP contribution in [0, 0.1) is 12.8 Å². The summed E-state index contributed by atoms with van der Waals surface area (Å²) in [5, 5.41) is 6.41. The van der Waals surface area contributed by atoms with Crippen LogP contribution in [-0.4, -0.2) is 36.1 Å². The second-order valence-electron chi connectivity index (χ2n) is 4.79. The average molecular weight is 239 g/mol. The molecule has 1 aromatic rings. The first-order valence-electron chi connectivity index (χ1n) is 5.89. The summed E-state index contributed by atoms with van der Waals surface area (Å²) in [5.41, 5.74) is 0. The second kappa shape index (κ2) is 6.39. The molecule has 0 radical (unpaired) electrons. The molecule has 1 amide bonds. The standard InChI is InChI=1S/C12H21N3O2/c1-9(2)5-6-15(4)8-12(16)13-11-7-10(3)17-14-11/h7,9H,5-6,8H2,1-4H3,(H,13,14,16). The number of aromatic nitrogens is 1. The normalized spacial score (nSPS) is 11.2. The fourth-order valence-electron chi connectivity index (χ4n) is 1.41. The average Bonchev–Trinajstić information content (AvgIpc) is 2.60. The van der Waals surface area contributed by atoms with Crippen LogP contribution < -0.4 is 5.32 Å². The lowest BCUT2D eigenvalue weighted by atomic mass is 10.1. The number of nitrogens with zero attached hydrogens (tertiary/aromatic N) is 2. The zero-order valence-corrected chi connectivity index (χ0v) is 11.0. The van der Waals surface area contributed by atoms with Crippen molar-refractivity contribution in [1.29, 1.82) is 0 Å². The number of nitrogens with one attached hydrogen (secondary N) is 1. The van der Waals surface area contributed by atoms with Gasteiger partial charge < -0.3 is 9.84 Å². The number of rotatable bonds is 6. The van der Waals surface area contributed by atoms with Crippen LogP contribution in [0.5, 0.6) is 0 Å². The van der Waals surface area contributed by atoms with Gasteiger partial charge in [0.25, 0.3) is 0 Å². The van der Waals surface area contributed by atoms with Crippen LogP contribution in [0.3, 0.4) is 0 Å². The first-order chi connectivity index (χ1) is 7.97. The van der Waals surface area contributed by atoms with Gasteiger partial charge in [-0.2, -0.15) is 0 Å². The molecule has 0 unspecified atom stereocenters. The van der Waals surface area contributed by atoms with Gasteiger partial charge in [-0.25, -0.2) is 0 Å². The van der Waals surface area contributed by atoms with Crippen molar-refractivity contribution in [3.8, 4) is 0 Å². The maximum Gasteiger partial charge on any atom is 0.239 e. The Morgan fingerprint density at radius 1 is 1.59 bits per heavy atom. The van der Waals surface area contributed by atoms with Gasteiger partial charge in [0.2, 0.25) is 5.91 Å². The Labute approximate surface area is 102 Å². The lowest BCUT2D eigenvalue weighted by molar-refractivity contribution is -0.117. The van der Waals surface area contributed by atoms with Gasteiger partial charge in [0, 0.05) is 6.07 Å². The van der Waals surface area contributed by atoms with Crippen LogP contribution in [0.1, 0.15) is 26.0 Å². The number of hydrogen-bond donors (Lipinski definition) is 1. The summed E-state index contributed by atoms with van der Waals surface area (Å²) >= 11 is 0. The highest BCUT2D eigenvalue weighted by atomic mass is 16.5. The van der Waals surface area contributed by atoms with Crippen molar-refractivity contribution in [3.05, 3.63) is 11.8 Å². The molecule has 5 nitrogen and oxygen atoms in total. The molecule has 0 aliphatic heterocycles. The second-order valence-corrected chi connectivity index (χ2v) is 4.79. The molecule has 0 spiro atoms. The summed E-state index contributed by atoms with van der Waals surface area (Å²) in [6, 6.07) is 1.70. The summed E-state index contributed by atoms with van der Waals surface area (Å²) in [5.74, 6) is 1.75. The zero-order valence-electron chi connectivity index (χ0n) is 11.0. The molecule has 96 valence electrons. The fraction of sp³-hybridized carbons (Fsp3) is 0.667. The van der Waals surface area contributed by atoms with Crippen molar-refractivity contribution in [2.45, 2.75) is 27.2 Å². The number of carbonyl (C=O) groups excluding carboxylic acids is 1. The summed E-state index contributed by atoms with van der Waals surface area (Å²) in [6.07, 6.45) is 1.09. The largest absolute Gasteiger partial charge is 0.360 e. The van der Waals surface area contributed by atoms with Crippen molar-refractivity contribution >= 4 is 11.7 Å². The van der Waals surface area contributed by atoms with Crippen LogP contribution in [0.25, 0.3) is 0 Å². The molecule has 17 heavy (non-hydrogen) atoms. The van der Waals surface area contributed by atoms with E-state index in [0.717, 1.165) is 13.0 Å². The van der Waals surface area contributed by atoms with Gasteiger partial charge in [0.1, 0.15) is 5.76 Å². The first-order valence-corrected chi connectivity index (χ1v) is 5.89. The molecular formula is C12H21N3O2. The Balaban J connectivity index is 2.29. The van der Waals surface area contributed by atoms with E-state index >= 15 is 0 Å². The first kappa shape index (κ1) is 13.7.